The summed E-state index contributed by atoms with van der Waals surface area (Å²) in [5.41, 5.74) is 2.18. The van der Waals surface area contributed by atoms with Crippen LogP contribution in [0.2, 0.25) is 0 Å². The molecule has 1 aliphatic carbocycles. The standard InChI is InChI=1S/C17H21BrN4O2/c1-2-10-7-12(18)8-11-9-19-16(22-15(10)11)20-13-3-5-14(6-4-13)21-17(23)24/h7-9,13-14,21H,2-6H2,1H3,(H,23,24)(H,19,20,22). The molecule has 1 aliphatic rings. The van der Waals surface area contributed by atoms with E-state index in [0.717, 1.165) is 47.5 Å². The van der Waals surface area contributed by atoms with E-state index in [4.69, 9.17) is 10.1 Å². The maximum Gasteiger partial charge on any atom is 0.404 e. The van der Waals surface area contributed by atoms with Crippen molar-refractivity contribution >= 4 is 38.9 Å². The molecule has 1 heterocycles. The Balaban J connectivity index is 1.70. The van der Waals surface area contributed by atoms with Gasteiger partial charge in [0, 0.05) is 28.1 Å². The van der Waals surface area contributed by atoms with Gasteiger partial charge in [0.25, 0.3) is 0 Å². The zero-order chi connectivity index (χ0) is 17.1. The molecule has 2 aromatic rings. The molecule has 3 N–H and O–H groups in total. The molecule has 24 heavy (non-hydrogen) atoms. The van der Waals surface area contributed by atoms with E-state index in [2.05, 4.69) is 44.5 Å². The molecule has 1 aromatic heterocycles. The van der Waals surface area contributed by atoms with Crippen molar-refractivity contribution in [1.29, 1.82) is 0 Å². The summed E-state index contributed by atoms with van der Waals surface area (Å²) in [7, 11) is 0. The van der Waals surface area contributed by atoms with E-state index < -0.39 is 6.09 Å². The van der Waals surface area contributed by atoms with Crippen molar-refractivity contribution in [3.05, 3.63) is 28.4 Å². The predicted octanol–water partition coefficient (Wildman–Crippen LogP) is 3.95. The predicted molar refractivity (Wildman–Crippen MR) is 97.4 cm³/mol. The van der Waals surface area contributed by atoms with Crippen LogP contribution in [0, 0.1) is 0 Å². The molecule has 0 radical (unpaired) electrons. The van der Waals surface area contributed by atoms with Gasteiger partial charge in [-0.2, -0.15) is 0 Å². The molecule has 0 bridgehead atoms. The minimum Gasteiger partial charge on any atom is -0.465 e. The van der Waals surface area contributed by atoms with Crippen molar-refractivity contribution < 1.29 is 9.90 Å². The molecule has 128 valence electrons. The van der Waals surface area contributed by atoms with Crippen molar-refractivity contribution in [1.82, 2.24) is 15.3 Å². The lowest BCUT2D eigenvalue weighted by atomic mass is 9.91. The molecule has 1 saturated carbocycles. The average molecular weight is 393 g/mol. The number of benzene rings is 1. The highest BCUT2D eigenvalue weighted by molar-refractivity contribution is 9.10. The maximum absolute atomic E-state index is 10.7. The summed E-state index contributed by atoms with van der Waals surface area (Å²) in [6.07, 6.45) is 5.32. The lowest BCUT2D eigenvalue weighted by Gasteiger charge is -2.28. The molecule has 6 nitrogen and oxygen atoms in total. The molecular weight excluding hydrogens is 372 g/mol. The highest BCUT2D eigenvalue weighted by Gasteiger charge is 2.22. The number of hydrogen-bond donors (Lipinski definition) is 3. The van der Waals surface area contributed by atoms with Crippen molar-refractivity contribution in [3.8, 4) is 0 Å². The molecule has 1 fully saturated rings. The van der Waals surface area contributed by atoms with Gasteiger partial charge in [-0.1, -0.05) is 22.9 Å². The van der Waals surface area contributed by atoms with Gasteiger partial charge >= 0.3 is 6.09 Å². The number of aryl methyl sites for hydroxylation is 1. The zero-order valence-electron chi connectivity index (χ0n) is 13.6. The van der Waals surface area contributed by atoms with Gasteiger partial charge in [-0.05, 0) is 49.8 Å². The lowest BCUT2D eigenvalue weighted by Crippen LogP contribution is -2.39. The summed E-state index contributed by atoms with van der Waals surface area (Å²) in [5, 5.41) is 15.8. The molecule has 0 aliphatic heterocycles. The minimum atomic E-state index is -0.942. The Morgan fingerprint density at radius 2 is 2.00 bits per heavy atom. The molecule has 7 heteroatoms. The van der Waals surface area contributed by atoms with Gasteiger partial charge in [0.1, 0.15) is 0 Å². The van der Waals surface area contributed by atoms with Crippen LogP contribution in [-0.2, 0) is 6.42 Å². The highest BCUT2D eigenvalue weighted by atomic mass is 79.9. The van der Waals surface area contributed by atoms with E-state index >= 15 is 0 Å². The first-order valence-electron chi connectivity index (χ1n) is 8.26. The van der Waals surface area contributed by atoms with Crippen molar-refractivity contribution in [3.63, 3.8) is 0 Å². The Morgan fingerprint density at radius 3 is 2.67 bits per heavy atom. The third kappa shape index (κ3) is 3.95. The number of anilines is 1. The zero-order valence-corrected chi connectivity index (χ0v) is 15.1. The Kier molecular flexibility index (Phi) is 5.18. The van der Waals surface area contributed by atoms with Crippen LogP contribution in [0.25, 0.3) is 10.9 Å². The number of fused-ring (bicyclic) bond motifs is 1. The topological polar surface area (TPSA) is 87.1 Å². The van der Waals surface area contributed by atoms with Gasteiger partial charge in [0.2, 0.25) is 5.95 Å². The monoisotopic (exact) mass is 392 g/mol. The molecule has 1 amide bonds. The van der Waals surface area contributed by atoms with Crippen molar-refractivity contribution in [2.45, 2.75) is 51.1 Å². The average Bonchev–Trinajstić information content (AvgIpc) is 2.55. The summed E-state index contributed by atoms with van der Waals surface area (Å²) < 4.78 is 1.04. The van der Waals surface area contributed by atoms with Crippen LogP contribution >= 0.6 is 15.9 Å². The Bertz CT molecular complexity index is 745. The summed E-state index contributed by atoms with van der Waals surface area (Å²) in [4.78, 5) is 19.8. The number of halogens is 1. The number of nitrogens with zero attached hydrogens (tertiary/aromatic N) is 2. The fourth-order valence-electron chi connectivity index (χ4n) is 3.26. The molecule has 0 spiro atoms. The number of carbonyl (C=O) groups is 1. The minimum absolute atomic E-state index is 0.0575. The van der Waals surface area contributed by atoms with Crippen LogP contribution in [-0.4, -0.2) is 33.3 Å². The molecule has 0 saturated heterocycles. The summed E-state index contributed by atoms with van der Waals surface area (Å²) in [5.74, 6) is 0.647. The van der Waals surface area contributed by atoms with Crippen LogP contribution < -0.4 is 10.6 Å². The van der Waals surface area contributed by atoms with Crippen LogP contribution in [0.15, 0.2) is 22.8 Å². The summed E-state index contributed by atoms with van der Waals surface area (Å²) in [6.45, 7) is 2.12. The van der Waals surface area contributed by atoms with Crippen molar-refractivity contribution in [2.24, 2.45) is 0 Å². The van der Waals surface area contributed by atoms with Gasteiger partial charge < -0.3 is 15.7 Å². The number of hydrogen-bond acceptors (Lipinski definition) is 4. The fourth-order valence-corrected chi connectivity index (χ4v) is 3.78. The third-order valence-corrected chi connectivity index (χ3v) is 4.95. The summed E-state index contributed by atoms with van der Waals surface area (Å²) >= 11 is 3.53. The molecule has 0 unspecified atom stereocenters. The number of aromatic nitrogens is 2. The van der Waals surface area contributed by atoms with E-state index in [-0.39, 0.29) is 12.1 Å². The van der Waals surface area contributed by atoms with E-state index in [0.29, 0.717) is 5.95 Å². The van der Waals surface area contributed by atoms with Crippen molar-refractivity contribution in [2.75, 3.05) is 5.32 Å². The van der Waals surface area contributed by atoms with E-state index in [1.807, 2.05) is 12.3 Å². The fraction of sp³-hybridized carbons (Fsp3) is 0.471. The SMILES string of the molecule is CCc1cc(Br)cc2cnc(NC3CCC(NC(=O)O)CC3)nc12. The summed E-state index contributed by atoms with van der Waals surface area (Å²) in [6, 6.07) is 4.47. The number of rotatable bonds is 4. The van der Waals surface area contributed by atoms with E-state index in [9.17, 15) is 4.79 Å². The van der Waals surface area contributed by atoms with Crippen LogP contribution in [0.1, 0.15) is 38.2 Å². The van der Waals surface area contributed by atoms with Gasteiger partial charge in [0.15, 0.2) is 0 Å². The number of nitrogens with one attached hydrogen (secondary N) is 2. The smallest absolute Gasteiger partial charge is 0.404 e. The molecular formula is C17H21BrN4O2. The highest BCUT2D eigenvalue weighted by Crippen LogP contribution is 2.25. The number of amides is 1. The number of carboxylic acid groups (broad SMARTS) is 1. The van der Waals surface area contributed by atoms with E-state index in [1.165, 1.54) is 5.56 Å². The molecule has 3 rings (SSSR count). The molecule has 0 atom stereocenters. The van der Waals surface area contributed by atoms with Gasteiger partial charge in [0.05, 0.1) is 5.52 Å². The van der Waals surface area contributed by atoms with Crippen LogP contribution in [0.3, 0.4) is 0 Å². The first-order valence-corrected chi connectivity index (χ1v) is 9.05. The maximum atomic E-state index is 10.7. The van der Waals surface area contributed by atoms with Gasteiger partial charge in [-0.25, -0.2) is 14.8 Å². The lowest BCUT2D eigenvalue weighted by molar-refractivity contribution is 0.185. The first kappa shape index (κ1) is 17.0. The second-order valence-electron chi connectivity index (χ2n) is 6.19. The normalized spacial score (nSPS) is 20.8. The molecule has 1 aromatic carbocycles. The van der Waals surface area contributed by atoms with Gasteiger partial charge in [-0.3, -0.25) is 0 Å². The Morgan fingerprint density at radius 1 is 1.29 bits per heavy atom. The van der Waals surface area contributed by atoms with Crippen LogP contribution in [0.4, 0.5) is 10.7 Å². The Hall–Kier alpha value is -1.89. The second-order valence-corrected chi connectivity index (χ2v) is 7.11. The quantitative estimate of drug-likeness (QED) is 0.732. The third-order valence-electron chi connectivity index (χ3n) is 4.50. The van der Waals surface area contributed by atoms with Gasteiger partial charge in [-0.15, -0.1) is 0 Å². The van der Waals surface area contributed by atoms with Crippen LogP contribution in [0.5, 0.6) is 0 Å². The second kappa shape index (κ2) is 7.34. The van der Waals surface area contributed by atoms with E-state index in [1.54, 1.807) is 0 Å². The largest absolute Gasteiger partial charge is 0.465 e. The Labute approximate surface area is 149 Å². The first-order chi connectivity index (χ1) is 11.5.